The van der Waals surface area contributed by atoms with Gasteiger partial charge in [-0.15, -0.1) is 0 Å². The molecule has 8 nitrogen and oxygen atoms in total. The second kappa shape index (κ2) is 11.8. The molecule has 2 aromatic carbocycles. The summed E-state index contributed by atoms with van der Waals surface area (Å²) in [4.78, 5) is 31.0. The minimum atomic E-state index is -2.70. The maximum absolute atomic E-state index is 16.5. The topological polar surface area (TPSA) is 93.9 Å². The van der Waals surface area contributed by atoms with Crippen molar-refractivity contribution in [1.82, 2.24) is 9.88 Å². The number of oxazole rings is 1. The number of alkyl halides is 1. The van der Waals surface area contributed by atoms with E-state index < -0.39 is 30.1 Å². The van der Waals surface area contributed by atoms with E-state index in [-0.39, 0.29) is 34.6 Å². The van der Waals surface area contributed by atoms with Gasteiger partial charge in [-0.1, -0.05) is 23.7 Å². The van der Waals surface area contributed by atoms with E-state index >= 15 is 8.78 Å². The first-order valence-corrected chi connectivity index (χ1v) is 13.9. The molecule has 3 aromatic rings. The van der Waals surface area contributed by atoms with Crippen LogP contribution >= 0.6 is 11.6 Å². The van der Waals surface area contributed by atoms with Gasteiger partial charge in [-0.25, -0.2) is 9.29 Å². The Balaban J connectivity index is 1.34. The number of anilines is 2. The van der Waals surface area contributed by atoms with Crippen LogP contribution in [0.2, 0.25) is 5.02 Å². The number of hydrogen-bond acceptors (Lipinski definition) is 8. The van der Waals surface area contributed by atoms with Gasteiger partial charge in [0.25, 0.3) is 6.01 Å². The molecule has 0 bridgehead atoms. The number of Topliss-reactive ketones (excluding diaryl/α,β-unsaturated/α-hetero) is 1. The Morgan fingerprint density at radius 3 is 2.60 bits per heavy atom. The van der Waals surface area contributed by atoms with Crippen LogP contribution in [0.1, 0.15) is 49.7 Å². The summed E-state index contributed by atoms with van der Waals surface area (Å²) >= 11 is 6.08. The third kappa shape index (κ3) is 5.84. The van der Waals surface area contributed by atoms with Crippen molar-refractivity contribution in [3.63, 3.8) is 0 Å². The standard InChI is InChI=1S/C29H32ClF2N3O5/c1-17-5-9-20(30)16-23(17)34-28-33-22-12-8-19(25(31)26(22)39-28)15-24(36)29(32,35-13-3-4-14-35)40-21-10-6-18(7-11-21)27(37)38-2/h5,8-9,12,16,18,21H,3-4,6-7,10-11,13-15H2,1-2H3,(H,33,34)/t18-,21-,29?. The first kappa shape index (κ1) is 28.4. The number of aryl methyl sites for hydroxylation is 1. The lowest BCUT2D eigenvalue weighted by Crippen LogP contribution is -2.54. The minimum absolute atomic E-state index is 0.0154. The van der Waals surface area contributed by atoms with Gasteiger partial charge in [0.05, 0.1) is 19.1 Å². The Hall–Kier alpha value is -3.08. The largest absolute Gasteiger partial charge is 0.469 e. The van der Waals surface area contributed by atoms with Gasteiger partial charge in [0, 0.05) is 30.2 Å². The number of likely N-dealkylation sites (tertiary alicyclic amines) is 1. The van der Waals surface area contributed by atoms with Gasteiger partial charge in [0.2, 0.25) is 5.78 Å². The van der Waals surface area contributed by atoms with Crippen LogP contribution in [0.25, 0.3) is 11.1 Å². The molecule has 214 valence electrons. The first-order chi connectivity index (χ1) is 19.2. The molecule has 0 amide bonds. The first-order valence-electron chi connectivity index (χ1n) is 13.5. The summed E-state index contributed by atoms with van der Waals surface area (Å²) in [7, 11) is 1.34. The van der Waals surface area contributed by atoms with Crippen molar-refractivity contribution in [2.45, 2.75) is 64.0 Å². The van der Waals surface area contributed by atoms with Crippen LogP contribution in [0.3, 0.4) is 0 Å². The number of methoxy groups -OCH3 is 1. The summed E-state index contributed by atoms with van der Waals surface area (Å²) in [5.74, 6) is -4.91. The number of halogens is 3. The Bertz CT molecular complexity index is 1400. The second-order valence-corrected chi connectivity index (χ2v) is 10.9. The van der Waals surface area contributed by atoms with Gasteiger partial charge in [-0.3, -0.25) is 9.59 Å². The Morgan fingerprint density at radius 2 is 1.90 bits per heavy atom. The van der Waals surface area contributed by atoms with Gasteiger partial charge in [0.15, 0.2) is 11.4 Å². The molecule has 1 saturated heterocycles. The number of fused-ring (bicyclic) bond motifs is 1. The van der Waals surface area contributed by atoms with Crippen molar-refractivity contribution in [3.05, 3.63) is 52.3 Å². The zero-order chi connectivity index (χ0) is 28.4. The summed E-state index contributed by atoms with van der Waals surface area (Å²) in [6.07, 6.45) is 2.23. The van der Waals surface area contributed by atoms with Gasteiger partial charge >= 0.3 is 11.9 Å². The third-order valence-electron chi connectivity index (χ3n) is 7.76. The lowest BCUT2D eigenvalue weighted by Gasteiger charge is -2.37. The van der Waals surface area contributed by atoms with Crippen LogP contribution in [-0.2, 0) is 25.5 Å². The summed E-state index contributed by atoms with van der Waals surface area (Å²) in [5, 5.41) is 3.52. The predicted molar refractivity (Wildman–Crippen MR) is 146 cm³/mol. The van der Waals surface area contributed by atoms with Crippen LogP contribution in [0.15, 0.2) is 34.7 Å². The average molecular weight is 576 g/mol. The monoisotopic (exact) mass is 575 g/mol. The molecule has 2 fully saturated rings. The van der Waals surface area contributed by atoms with E-state index in [9.17, 15) is 9.59 Å². The van der Waals surface area contributed by atoms with E-state index in [2.05, 4.69) is 10.3 Å². The van der Waals surface area contributed by atoms with Gasteiger partial charge in [-0.05, 0) is 74.8 Å². The molecule has 11 heteroatoms. The number of rotatable bonds is 9. The summed E-state index contributed by atoms with van der Waals surface area (Å²) in [6, 6.07) is 8.29. The quantitative estimate of drug-likeness (QED) is 0.236. The van der Waals surface area contributed by atoms with E-state index in [4.69, 9.17) is 25.5 Å². The van der Waals surface area contributed by atoms with Gasteiger partial charge < -0.3 is 19.2 Å². The number of nitrogens with one attached hydrogen (secondary N) is 1. The number of nitrogens with zero attached hydrogens (tertiary/aromatic N) is 2. The zero-order valence-corrected chi connectivity index (χ0v) is 23.2. The lowest BCUT2D eigenvalue weighted by atomic mass is 9.87. The van der Waals surface area contributed by atoms with Crippen LogP contribution in [0, 0.1) is 18.7 Å². The molecule has 1 aliphatic heterocycles. The maximum atomic E-state index is 16.5. The number of carbonyl (C=O) groups is 2. The summed E-state index contributed by atoms with van der Waals surface area (Å²) in [6.45, 7) is 2.60. The fraction of sp³-hybridized carbons (Fsp3) is 0.483. The normalized spacial score (nSPS) is 21.3. The Kier molecular flexibility index (Phi) is 8.39. The molecule has 1 aromatic heterocycles. The van der Waals surface area contributed by atoms with Crippen molar-refractivity contribution >= 4 is 46.2 Å². The van der Waals surface area contributed by atoms with Gasteiger partial charge in [0.1, 0.15) is 5.52 Å². The smallest absolute Gasteiger partial charge is 0.330 e. The molecule has 1 N–H and O–H groups in total. The van der Waals surface area contributed by atoms with E-state index in [1.165, 1.54) is 24.1 Å². The molecule has 5 rings (SSSR count). The van der Waals surface area contributed by atoms with Crippen molar-refractivity contribution < 1.29 is 32.3 Å². The molecule has 0 spiro atoms. The number of ether oxygens (including phenoxy) is 2. The minimum Gasteiger partial charge on any atom is -0.469 e. The van der Waals surface area contributed by atoms with Crippen LogP contribution in [0.5, 0.6) is 0 Å². The average Bonchev–Trinajstić information content (AvgIpc) is 3.63. The second-order valence-electron chi connectivity index (χ2n) is 10.5. The molecule has 1 unspecified atom stereocenters. The lowest BCUT2D eigenvalue weighted by molar-refractivity contribution is -0.252. The Labute approximate surface area is 236 Å². The zero-order valence-electron chi connectivity index (χ0n) is 22.5. The highest BCUT2D eigenvalue weighted by Crippen LogP contribution is 2.35. The fourth-order valence-corrected chi connectivity index (χ4v) is 5.61. The number of benzene rings is 2. The number of carbonyl (C=O) groups excluding carboxylic acids is 2. The van der Waals surface area contributed by atoms with E-state index in [1.807, 2.05) is 13.0 Å². The van der Waals surface area contributed by atoms with E-state index in [0.717, 1.165) is 18.4 Å². The number of hydrogen-bond donors (Lipinski definition) is 1. The predicted octanol–water partition coefficient (Wildman–Crippen LogP) is 6.25. The molecule has 2 aliphatic rings. The van der Waals surface area contributed by atoms with Crippen molar-refractivity contribution in [2.75, 3.05) is 25.5 Å². The van der Waals surface area contributed by atoms with Crippen molar-refractivity contribution in [1.29, 1.82) is 0 Å². The number of aromatic nitrogens is 1. The van der Waals surface area contributed by atoms with Crippen molar-refractivity contribution in [2.24, 2.45) is 5.92 Å². The number of esters is 1. The highest BCUT2D eigenvalue weighted by molar-refractivity contribution is 6.30. The molecule has 1 aliphatic carbocycles. The Morgan fingerprint density at radius 1 is 1.18 bits per heavy atom. The van der Waals surface area contributed by atoms with Crippen molar-refractivity contribution in [3.8, 4) is 0 Å². The molecule has 1 saturated carbocycles. The van der Waals surface area contributed by atoms with E-state index in [1.54, 1.807) is 12.1 Å². The maximum Gasteiger partial charge on any atom is 0.330 e. The molecule has 2 heterocycles. The number of ketones is 1. The van der Waals surface area contributed by atoms with E-state index in [0.29, 0.717) is 49.5 Å². The van der Waals surface area contributed by atoms with Crippen LogP contribution < -0.4 is 5.32 Å². The van der Waals surface area contributed by atoms with Gasteiger partial charge in [-0.2, -0.15) is 9.37 Å². The molecular formula is C29H32ClF2N3O5. The molecule has 1 atom stereocenters. The molecule has 0 radical (unpaired) electrons. The fourth-order valence-electron chi connectivity index (χ4n) is 5.44. The summed E-state index contributed by atoms with van der Waals surface area (Å²) in [5.41, 5.74) is 1.64. The molecular weight excluding hydrogens is 544 g/mol. The highest BCUT2D eigenvalue weighted by atomic mass is 35.5. The SMILES string of the molecule is COC(=O)[C@H]1CC[C@H](OC(F)(C(=O)Cc2ccc3nc(Nc4cc(Cl)ccc4C)oc3c2F)N2CCCC2)CC1. The summed E-state index contributed by atoms with van der Waals surface area (Å²) < 4.78 is 48.4. The third-order valence-corrected chi connectivity index (χ3v) is 7.99. The van der Waals surface area contributed by atoms with Crippen LogP contribution in [-0.4, -0.2) is 53.9 Å². The highest BCUT2D eigenvalue weighted by Gasteiger charge is 2.49. The van der Waals surface area contributed by atoms with Crippen LogP contribution in [0.4, 0.5) is 20.5 Å². The molecule has 40 heavy (non-hydrogen) atoms.